The summed E-state index contributed by atoms with van der Waals surface area (Å²) in [6.07, 6.45) is 4.21. The largest absolute Gasteiger partial charge is 0.378 e. The number of hydrogen-bond donors (Lipinski definition) is 2. The van der Waals surface area contributed by atoms with Crippen molar-refractivity contribution >= 4 is 46.4 Å². The monoisotopic (exact) mass is 560 g/mol. The lowest BCUT2D eigenvalue weighted by molar-refractivity contribution is 0.122. The van der Waals surface area contributed by atoms with Crippen LogP contribution in [0.5, 0.6) is 0 Å². The van der Waals surface area contributed by atoms with Gasteiger partial charge in [0.15, 0.2) is 5.11 Å². The molecule has 6 rings (SSSR count). The summed E-state index contributed by atoms with van der Waals surface area (Å²) < 4.78 is 5.56. The van der Waals surface area contributed by atoms with Gasteiger partial charge in [0, 0.05) is 80.7 Å². The van der Waals surface area contributed by atoms with Crippen molar-refractivity contribution in [2.24, 2.45) is 0 Å². The molecule has 3 N–H and O–H groups in total. The lowest BCUT2D eigenvalue weighted by atomic mass is 10.1. The average Bonchev–Trinajstić information content (AvgIpc) is 3.43. The van der Waals surface area contributed by atoms with Crippen molar-refractivity contribution in [3.8, 4) is 11.3 Å². The van der Waals surface area contributed by atoms with Crippen molar-refractivity contribution in [2.45, 2.75) is 20.3 Å². The molecule has 3 aliphatic heterocycles. The summed E-state index contributed by atoms with van der Waals surface area (Å²) in [5.41, 5.74) is 11.9. The number of thiocarbonyl (C=S) groups is 1. The third kappa shape index (κ3) is 5.38. The van der Waals surface area contributed by atoms with Crippen LogP contribution in [-0.4, -0.2) is 95.5 Å². The number of anilines is 5. The molecule has 0 unspecified atom stereocenters. The van der Waals surface area contributed by atoms with E-state index in [4.69, 9.17) is 32.7 Å². The fraction of sp³-hybridized carbons (Fsp3) is 0.464. The Balaban J connectivity index is 1.25. The summed E-state index contributed by atoms with van der Waals surface area (Å²) >= 11 is 5.96. The van der Waals surface area contributed by atoms with Crippen LogP contribution in [0.3, 0.4) is 0 Å². The number of aromatic nitrogens is 4. The summed E-state index contributed by atoms with van der Waals surface area (Å²) in [4.78, 5) is 27.6. The Morgan fingerprint density at radius 3 is 2.45 bits per heavy atom. The molecule has 2 saturated heterocycles. The number of likely N-dealkylation sites (N-methyl/N-ethyl adjacent to an activating group) is 1. The van der Waals surface area contributed by atoms with Gasteiger partial charge in [-0.15, -0.1) is 0 Å². The first kappa shape index (κ1) is 26.6. The van der Waals surface area contributed by atoms with E-state index in [0.29, 0.717) is 30.8 Å². The summed E-state index contributed by atoms with van der Waals surface area (Å²) in [7, 11) is 0. The van der Waals surface area contributed by atoms with Crippen molar-refractivity contribution in [3.63, 3.8) is 0 Å². The number of nitrogens with two attached hydrogens (primary N) is 1. The number of morpholine rings is 1. The van der Waals surface area contributed by atoms with E-state index in [2.05, 4.69) is 66.9 Å². The molecule has 11 nitrogen and oxygen atoms in total. The fourth-order valence-electron chi connectivity index (χ4n) is 5.53. The second-order valence-corrected chi connectivity index (χ2v) is 10.7. The van der Waals surface area contributed by atoms with Crippen LogP contribution in [0, 0.1) is 6.92 Å². The molecule has 0 atom stereocenters. The number of ether oxygens (including phenoxy) is 1. The summed E-state index contributed by atoms with van der Waals surface area (Å²) in [5.74, 6) is 1.72. The Labute approximate surface area is 240 Å². The van der Waals surface area contributed by atoms with Gasteiger partial charge in [-0.25, -0.2) is 15.0 Å². The molecule has 0 spiro atoms. The number of rotatable bonds is 5. The third-order valence-electron chi connectivity index (χ3n) is 7.94. The highest BCUT2D eigenvalue weighted by molar-refractivity contribution is 7.80. The zero-order chi connectivity index (χ0) is 27.6. The first-order valence-electron chi connectivity index (χ1n) is 14.0. The number of benzene rings is 1. The van der Waals surface area contributed by atoms with Crippen molar-refractivity contribution in [3.05, 3.63) is 41.7 Å². The van der Waals surface area contributed by atoms with Gasteiger partial charge in [0.1, 0.15) is 5.82 Å². The van der Waals surface area contributed by atoms with Gasteiger partial charge in [0.05, 0.1) is 18.9 Å². The van der Waals surface area contributed by atoms with Gasteiger partial charge < -0.3 is 35.4 Å². The van der Waals surface area contributed by atoms with Crippen molar-refractivity contribution < 1.29 is 4.74 Å². The maximum absolute atomic E-state index is 5.96. The van der Waals surface area contributed by atoms with Crippen LogP contribution in [0.25, 0.3) is 11.3 Å². The molecular formula is C28H36N10OS. The minimum absolute atomic E-state index is 0.236. The topological polar surface area (TPSA) is 112 Å². The van der Waals surface area contributed by atoms with Crippen LogP contribution < -0.4 is 25.8 Å². The molecule has 1 aromatic carbocycles. The minimum Gasteiger partial charge on any atom is -0.378 e. The number of nitrogens with zero attached hydrogens (tertiary/aromatic N) is 8. The van der Waals surface area contributed by atoms with E-state index >= 15 is 0 Å². The lowest BCUT2D eigenvalue weighted by Crippen LogP contribution is -2.46. The molecule has 0 bridgehead atoms. The second kappa shape index (κ2) is 11.5. The number of nitrogens with one attached hydrogen (secondary N) is 1. The Kier molecular flexibility index (Phi) is 7.63. The van der Waals surface area contributed by atoms with Crippen molar-refractivity contribution in [1.29, 1.82) is 0 Å². The van der Waals surface area contributed by atoms with E-state index in [9.17, 15) is 0 Å². The predicted octanol–water partition coefficient (Wildman–Crippen LogP) is 2.56. The first-order valence-corrected chi connectivity index (χ1v) is 14.4. The van der Waals surface area contributed by atoms with Gasteiger partial charge in [-0.2, -0.15) is 4.98 Å². The lowest BCUT2D eigenvalue weighted by Gasteiger charge is -2.35. The maximum atomic E-state index is 5.96. The summed E-state index contributed by atoms with van der Waals surface area (Å²) in [5, 5.41) is 4.12. The molecule has 3 aliphatic rings. The SMILES string of the molecule is CCN1CCN(c2ccc(NC(=S)N3CCc4c(-c5cnc(N)nc5)nc(N5CCOCC5)nc43)c(C)c2)CC1. The van der Waals surface area contributed by atoms with E-state index in [-0.39, 0.29) is 5.95 Å². The number of piperazine rings is 1. The van der Waals surface area contributed by atoms with E-state index in [0.717, 1.165) is 86.1 Å². The van der Waals surface area contributed by atoms with Gasteiger partial charge in [-0.3, -0.25) is 0 Å². The summed E-state index contributed by atoms with van der Waals surface area (Å²) in [6, 6.07) is 6.58. The van der Waals surface area contributed by atoms with Crippen molar-refractivity contribution in [2.75, 3.05) is 91.3 Å². The quantitative estimate of drug-likeness (QED) is 0.447. The molecule has 5 heterocycles. The predicted molar refractivity (Wildman–Crippen MR) is 163 cm³/mol. The Morgan fingerprint density at radius 2 is 1.75 bits per heavy atom. The molecule has 0 amide bonds. The smallest absolute Gasteiger partial charge is 0.228 e. The fourth-order valence-corrected chi connectivity index (χ4v) is 5.82. The van der Waals surface area contributed by atoms with Crippen LogP contribution in [0.4, 0.5) is 29.1 Å². The molecule has 3 aromatic rings. The Hall–Kier alpha value is -3.61. The van der Waals surface area contributed by atoms with E-state index in [1.165, 1.54) is 5.69 Å². The highest BCUT2D eigenvalue weighted by Gasteiger charge is 2.31. The zero-order valence-corrected chi connectivity index (χ0v) is 24.0. The van der Waals surface area contributed by atoms with Crippen LogP contribution in [0.1, 0.15) is 18.1 Å². The normalized spacial score (nSPS) is 17.7. The molecule has 2 fully saturated rings. The molecule has 2 aromatic heterocycles. The number of nitrogen functional groups attached to an aromatic ring is 1. The molecule has 12 heteroatoms. The standard InChI is InChI=1S/C28H36N10OS/c1-3-35-8-10-36(11-9-35)21-4-5-23(19(2)16-21)32-28(40)38-7-6-22-24(20-17-30-26(29)31-18-20)33-27(34-25(22)38)37-12-14-39-15-13-37/h4-5,16-18H,3,6-15H2,1-2H3,(H,32,40)(H2,29,30,31). The zero-order valence-electron chi connectivity index (χ0n) is 23.1. The average molecular weight is 561 g/mol. The van der Waals surface area contributed by atoms with Gasteiger partial charge in [-0.1, -0.05) is 6.92 Å². The molecule has 0 saturated carbocycles. The van der Waals surface area contributed by atoms with Gasteiger partial charge in [0.25, 0.3) is 0 Å². The van der Waals surface area contributed by atoms with Crippen LogP contribution in [0.2, 0.25) is 0 Å². The first-order chi connectivity index (χ1) is 19.5. The van der Waals surface area contributed by atoms with E-state index in [1.54, 1.807) is 12.4 Å². The highest BCUT2D eigenvalue weighted by Crippen LogP contribution is 2.36. The molecule has 0 radical (unpaired) electrons. The number of fused-ring (bicyclic) bond motifs is 1. The van der Waals surface area contributed by atoms with Crippen LogP contribution in [0.15, 0.2) is 30.6 Å². The molecular weight excluding hydrogens is 524 g/mol. The van der Waals surface area contributed by atoms with Crippen LogP contribution >= 0.6 is 12.2 Å². The second-order valence-electron chi connectivity index (χ2n) is 10.4. The van der Waals surface area contributed by atoms with Gasteiger partial charge in [-0.05, 0) is 55.9 Å². The maximum Gasteiger partial charge on any atom is 0.228 e. The van der Waals surface area contributed by atoms with E-state index < -0.39 is 0 Å². The Bertz CT molecular complexity index is 1370. The third-order valence-corrected chi connectivity index (χ3v) is 8.26. The van der Waals surface area contributed by atoms with E-state index in [1.807, 2.05) is 0 Å². The highest BCUT2D eigenvalue weighted by atomic mass is 32.1. The Morgan fingerprint density at radius 1 is 1.00 bits per heavy atom. The number of aryl methyl sites for hydroxylation is 1. The molecule has 0 aliphatic carbocycles. The van der Waals surface area contributed by atoms with Crippen molar-refractivity contribution in [1.82, 2.24) is 24.8 Å². The molecule has 210 valence electrons. The van der Waals surface area contributed by atoms with Gasteiger partial charge in [0.2, 0.25) is 11.9 Å². The minimum atomic E-state index is 0.236. The number of hydrogen-bond acceptors (Lipinski definition) is 10. The van der Waals surface area contributed by atoms with Crippen LogP contribution in [-0.2, 0) is 11.2 Å². The van der Waals surface area contributed by atoms with Gasteiger partial charge >= 0.3 is 0 Å². The molecule has 40 heavy (non-hydrogen) atoms. The summed E-state index contributed by atoms with van der Waals surface area (Å²) in [6.45, 7) is 13.3.